The van der Waals surface area contributed by atoms with E-state index in [4.69, 9.17) is 5.73 Å². The van der Waals surface area contributed by atoms with Crippen LogP contribution in [0.15, 0.2) is 109 Å². The van der Waals surface area contributed by atoms with Crippen LogP contribution >= 0.6 is 0 Å². The van der Waals surface area contributed by atoms with E-state index in [9.17, 15) is 0 Å². The van der Waals surface area contributed by atoms with E-state index in [1.54, 1.807) is 0 Å². The number of aryl methyl sites for hydroxylation is 2. The number of nitrogens with two attached hydrogens (primary N) is 1. The average molecular weight is 582 g/mol. The lowest BCUT2D eigenvalue weighted by Crippen LogP contribution is -2.11. The molecule has 5 aromatic carbocycles. The molecule has 1 atom stereocenters. The molecule has 0 fully saturated rings. The molecule has 0 aliphatic rings. The van der Waals surface area contributed by atoms with E-state index < -0.39 is 0 Å². The predicted molar refractivity (Wildman–Crippen MR) is 191 cm³/mol. The van der Waals surface area contributed by atoms with E-state index in [1.165, 1.54) is 68.7 Å². The molecule has 226 valence electrons. The van der Waals surface area contributed by atoms with Gasteiger partial charge >= 0.3 is 0 Å². The Morgan fingerprint density at radius 3 is 1.50 bits per heavy atom. The third kappa shape index (κ3) is 7.23. The number of hydrogen-bond donors (Lipinski definition) is 2. The van der Waals surface area contributed by atoms with Gasteiger partial charge in [-0.1, -0.05) is 87.4 Å². The lowest BCUT2D eigenvalue weighted by Gasteiger charge is -2.27. The third-order valence-electron chi connectivity index (χ3n) is 8.77. The molecule has 0 aromatic heterocycles. The number of benzene rings is 5. The van der Waals surface area contributed by atoms with Crippen LogP contribution in [-0.2, 0) is 0 Å². The molecule has 0 aliphatic carbocycles. The fourth-order valence-electron chi connectivity index (χ4n) is 5.79. The van der Waals surface area contributed by atoms with Crippen LogP contribution in [0.25, 0.3) is 22.3 Å². The molecule has 3 heteroatoms. The molecule has 3 N–H and O–H groups in total. The van der Waals surface area contributed by atoms with Crippen molar-refractivity contribution in [1.82, 2.24) is 0 Å². The van der Waals surface area contributed by atoms with E-state index in [-0.39, 0.29) is 6.04 Å². The molecule has 0 radical (unpaired) electrons. The van der Waals surface area contributed by atoms with Crippen molar-refractivity contribution in [3.63, 3.8) is 0 Å². The van der Waals surface area contributed by atoms with Gasteiger partial charge < -0.3 is 16.0 Å². The minimum atomic E-state index is 0.102. The van der Waals surface area contributed by atoms with Crippen molar-refractivity contribution < 1.29 is 0 Å². The lowest BCUT2D eigenvalue weighted by molar-refractivity contribution is 0.638. The van der Waals surface area contributed by atoms with Crippen LogP contribution in [0.2, 0.25) is 0 Å². The van der Waals surface area contributed by atoms with Crippen LogP contribution in [0, 0.1) is 20.8 Å². The molecule has 0 aliphatic heterocycles. The van der Waals surface area contributed by atoms with Crippen molar-refractivity contribution in [2.45, 2.75) is 66.3 Å². The van der Waals surface area contributed by atoms with Crippen molar-refractivity contribution in [1.29, 1.82) is 0 Å². The fraction of sp³-hybridized carbons (Fsp3) is 0.268. The van der Waals surface area contributed by atoms with E-state index in [1.807, 2.05) is 0 Å². The number of nitrogens with one attached hydrogen (secondary N) is 1. The molecule has 44 heavy (non-hydrogen) atoms. The van der Waals surface area contributed by atoms with Gasteiger partial charge in [-0.2, -0.15) is 0 Å². The summed E-state index contributed by atoms with van der Waals surface area (Å²) in [6.45, 7) is 12.0. The summed E-state index contributed by atoms with van der Waals surface area (Å²) in [5.74, 6) is 0. The lowest BCUT2D eigenvalue weighted by atomic mass is 9.98. The Bertz CT molecular complexity index is 1610. The molecule has 0 amide bonds. The first-order chi connectivity index (χ1) is 21.4. The normalized spacial score (nSPS) is 11.8. The second-order valence-electron chi connectivity index (χ2n) is 12.0. The molecular weight excluding hydrogens is 534 g/mol. The van der Waals surface area contributed by atoms with Gasteiger partial charge in [0.15, 0.2) is 0 Å². The molecule has 5 aromatic rings. The number of nitrogens with zero attached hydrogens (tertiary/aromatic N) is 1. The van der Waals surface area contributed by atoms with E-state index in [0.717, 1.165) is 30.8 Å². The van der Waals surface area contributed by atoms with Gasteiger partial charge in [0.1, 0.15) is 0 Å². The standard InChI is InChI=1S/C41H47N3/c1-6-8-26-43-37-20-14-33(15-21-37)35-18-24-39(25-19-35)44(40-27-29(3)31(5)30(4)28-40)38-22-16-34(17-23-38)32-10-12-36(13-11-32)41(42)9-7-2/h10-25,27-28,41,43H,6-9,26,42H2,1-5H3. The van der Waals surface area contributed by atoms with Crippen LogP contribution in [0.5, 0.6) is 0 Å². The Morgan fingerprint density at radius 2 is 1.05 bits per heavy atom. The first-order valence-electron chi connectivity index (χ1n) is 16.2. The van der Waals surface area contributed by atoms with Crippen LogP contribution in [0.3, 0.4) is 0 Å². The van der Waals surface area contributed by atoms with Crippen LogP contribution < -0.4 is 16.0 Å². The van der Waals surface area contributed by atoms with Gasteiger partial charge in [-0.15, -0.1) is 0 Å². The van der Waals surface area contributed by atoms with Gasteiger partial charge in [-0.3, -0.25) is 0 Å². The highest BCUT2D eigenvalue weighted by molar-refractivity contribution is 5.80. The monoisotopic (exact) mass is 581 g/mol. The Morgan fingerprint density at radius 1 is 0.591 bits per heavy atom. The van der Waals surface area contributed by atoms with Gasteiger partial charge in [0, 0.05) is 35.3 Å². The summed E-state index contributed by atoms with van der Waals surface area (Å²) in [7, 11) is 0. The first-order valence-corrected chi connectivity index (χ1v) is 16.2. The van der Waals surface area contributed by atoms with Crippen LogP contribution in [-0.4, -0.2) is 6.54 Å². The Kier molecular flexibility index (Phi) is 10.2. The second kappa shape index (κ2) is 14.4. The number of hydrogen-bond acceptors (Lipinski definition) is 3. The second-order valence-corrected chi connectivity index (χ2v) is 12.0. The molecule has 0 saturated heterocycles. The van der Waals surface area contributed by atoms with Gasteiger partial charge in [-0.05, 0) is 127 Å². The highest BCUT2D eigenvalue weighted by Crippen LogP contribution is 2.38. The zero-order chi connectivity index (χ0) is 31.1. The van der Waals surface area contributed by atoms with E-state index in [2.05, 4.69) is 154 Å². The van der Waals surface area contributed by atoms with Gasteiger partial charge in [0.25, 0.3) is 0 Å². The summed E-state index contributed by atoms with van der Waals surface area (Å²) in [5.41, 5.74) is 20.9. The van der Waals surface area contributed by atoms with Gasteiger partial charge in [-0.25, -0.2) is 0 Å². The fourth-order valence-corrected chi connectivity index (χ4v) is 5.79. The summed E-state index contributed by atoms with van der Waals surface area (Å²) in [6.07, 6.45) is 4.48. The quantitative estimate of drug-likeness (QED) is 0.144. The van der Waals surface area contributed by atoms with Crippen LogP contribution in [0.4, 0.5) is 22.7 Å². The summed E-state index contributed by atoms with van der Waals surface area (Å²) in [6, 6.07) is 40.0. The van der Waals surface area contributed by atoms with Crippen molar-refractivity contribution in [3.8, 4) is 22.3 Å². The van der Waals surface area contributed by atoms with E-state index in [0.29, 0.717) is 0 Å². The SMILES string of the molecule is CCCCNc1ccc(-c2ccc(N(c3ccc(-c4ccc(C(N)CCC)cc4)cc3)c3cc(C)c(C)c(C)c3)cc2)cc1. The molecular formula is C41H47N3. The molecule has 3 nitrogen and oxygen atoms in total. The maximum Gasteiger partial charge on any atom is 0.0467 e. The summed E-state index contributed by atoms with van der Waals surface area (Å²) in [4.78, 5) is 2.36. The zero-order valence-corrected chi connectivity index (χ0v) is 27.0. The summed E-state index contributed by atoms with van der Waals surface area (Å²) < 4.78 is 0. The molecule has 0 bridgehead atoms. The Balaban J connectivity index is 1.44. The largest absolute Gasteiger partial charge is 0.385 e. The summed E-state index contributed by atoms with van der Waals surface area (Å²) >= 11 is 0. The van der Waals surface area contributed by atoms with Crippen molar-refractivity contribution >= 4 is 22.7 Å². The third-order valence-corrected chi connectivity index (χ3v) is 8.77. The maximum atomic E-state index is 6.35. The Labute approximate surface area is 264 Å². The van der Waals surface area contributed by atoms with E-state index >= 15 is 0 Å². The number of unbranched alkanes of at least 4 members (excludes halogenated alkanes) is 1. The molecule has 1 unspecified atom stereocenters. The zero-order valence-electron chi connectivity index (χ0n) is 27.0. The first kappa shape index (κ1) is 31.1. The maximum absolute atomic E-state index is 6.35. The minimum Gasteiger partial charge on any atom is -0.385 e. The van der Waals surface area contributed by atoms with Gasteiger partial charge in [0.05, 0.1) is 0 Å². The smallest absolute Gasteiger partial charge is 0.0467 e. The van der Waals surface area contributed by atoms with Crippen molar-refractivity contribution in [2.75, 3.05) is 16.8 Å². The predicted octanol–water partition coefficient (Wildman–Crippen LogP) is 11.4. The average Bonchev–Trinajstić information content (AvgIpc) is 3.05. The Hall–Kier alpha value is -4.34. The summed E-state index contributed by atoms with van der Waals surface area (Å²) in [5, 5.41) is 3.51. The van der Waals surface area contributed by atoms with Gasteiger partial charge in [0.2, 0.25) is 0 Å². The highest BCUT2D eigenvalue weighted by Gasteiger charge is 2.15. The molecule has 0 saturated carbocycles. The highest BCUT2D eigenvalue weighted by atomic mass is 15.1. The van der Waals surface area contributed by atoms with Crippen molar-refractivity contribution in [2.24, 2.45) is 5.73 Å². The molecule has 5 rings (SSSR count). The van der Waals surface area contributed by atoms with Crippen molar-refractivity contribution in [3.05, 3.63) is 131 Å². The topological polar surface area (TPSA) is 41.3 Å². The molecule has 0 heterocycles. The number of rotatable bonds is 12. The number of anilines is 4. The minimum absolute atomic E-state index is 0.102. The molecule has 0 spiro atoms. The van der Waals surface area contributed by atoms with Crippen LogP contribution in [0.1, 0.15) is 67.8 Å².